The van der Waals surface area contributed by atoms with E-state index in [-0.39, 0.29) is 11.5 Å². The van der Waals surface area contributed by atoms with Gasteiger partial charge in [0.2, 0.25) is 0 Å². The molecular weight excluding hydrogens is 258 g/mol. The van der Waals surface area contributed by atoms with E-state index in [9.17, 15) is 15.0 Å². The van der Waals surface area contributed by atoms with Crippen molar-refractivity contribution >= 4 is 23.1 Å². The third kappa shape index (κ3) is 3.11. The summed E-state index contributed by atoms with van der Waals surface area (Å²) in [5.41, 5.74) is 8.19. The van der Waals surface area contributed by atoms with Crippen LogP contribution in [0.4, 0.5) is 21.9 Å². The number of phenolic OH excluding ortho intramolecular Hbond substituents is 2. The van der Waals surface area contributed by atoms with Crippen molar-refractivity contribution in [3.05, 3.63) is 42.0 Å². The average molecular weight is 273 g/mol. The standard InChI is InChI=1S/C14H15N3O3/c1-8-2-3-9(6-11(8)15)16-14(20)17-10-4-5-12(18)13(19)7-10/h2-7,18-19H,15H2,1H3,(H2,16,17,20). The van der Waals surface area contributed by atoms with Crippen molar-refractivity contribution in [2.45, 2.75) is 6.92 Å². The van der Waals surface area contributed by atoms with Crippen molar-refractivity contribution < 1.29 is 15.0 Å². The van der Waals surface area contributed by atoms with Gasteiger partial charge in [0.15, 0.2) is 11.5 Å². The van der Waals surface area contributed by atoms with Crippen LogP contribution in [0.15, 0.2) is 36.4 Å². The van der Waals surface area contributed by atoms with Crippen LogP contribution in [0.3, 0.4) is 0 Å². The Bertz CT molecular complexity index is 601. The fourth-order valence-electron chi connectivity index (χ4n) is 1.61. The summed E-state index contributed by atoms with van der Waals surface area (Å²) in [6.07, 6.45) is 0. The first-order valence-corrected chi connectivity index (χ1v) is 5.92. The van der Waals surface area contributed by atoms with Crippen LogP contribution in [0.25, 0.3) is 0 Å². The number of carbonyl (C=O) groups is 1. The molecule has 2 amide bonds. The number of nitrogens with two attached hydrogens (primary N) is 1. The van der Waals surface area contributed by atoms with Gasteiger partial charge < -0.3 is 26.6 Å². The quantitative estimate of drug-likeness (QED) is 0.329. The summed E-state index contributed by atoms with van der Waals surface area (Å²) in [7, 11) is 0. The molecule has 104 valence electrons. The summed E-state index contributed by atoms with van der Waals surface area (Å²) in [5, 5.41) is 23.7. The van der Waals surface area contributed by atoms with E-state index in [0.29, 0.717) is 17.1 Å². The minimum absolute atomic E-state index is 0.248. The first kappa shape index (κ1) is 13.5. The molecule has 0 aliphatic heterocycles. The summed E-state index contributed by atoms with van der Waals surface area (Å²) in [5.74, 6) is -0.551. The molecule has 0 aliphatic carbocycles. The number of aromatic hydroxyl groups is 2. The first-order valence-electron chi connectivity index (χ1n) is 5.92. The Morgan fingerprint density at radius 3 is 2.20 bits per heavy atom. The number of nitrogen functional groups attached to an aromatic ring is 1. The summed E-state index contributed by atoms with van der Waals surface area (Å²) in [4.78, 5) is 11.8. The van der Waals surface area contributed by atoms with Gasteiger partial charge in [-0.05, 0) is 36.8 Å². The van der Waals surface area contributed by atoms with Gasteiger partial charge in [0.05, 0.1) is 0 Å². The molecule has 0 fully saturated rings. The zero-order chi connectivity index (χ0) is 14.7. The van der Waals surface area contributed by atoms with Crippen LogP contribution in [-0.2, 0) is 0 Å². The third-order valence-corrected chi connectivity index (χ3v) is 2.77. The van der Waals surface area contributed by atoms with Gasteiger partial charge in [0.1, 0.15) is 0 Å². The Kier molecular flexibility index (Phi) is 3.65. The van der Waals surface area contributed by atoms with Gasteiger partial charge in [0, 0.05) is 23.1 Å². The van der Waals surface area contributed by atoms with E-state index in [1.54, 1.807) is 18.2 Å². The number of rotatable bonds is 2. The van der Waals surface area contributed by atoms with E-state index in [1.165, 1.54) is 18.2 Å². The first-order chi connectivity index (χ1) is 9.45. The number of hydrogen-bond acceptors (Lipinski definition) is 4. The number of hydrogen-bond donors (Lipinski definition) is 5. The second-order valence-corrected chi connectivity index (χ2v) is 4.35. The van der Waals surface area contributed by atoms with E-state index < -0.39 is 6.03 Å². The summed E-state index contributed by atoms with van der Waals surface area (Å²) >= 11 is 0. The molecule has 20 heavy (non-hydrogen) atoms. The molecule has 6 N–H and O–H groups in total. The minimum atomic E-state index is -0.474. The highest BCUT2D eigenvalue weighted by molar-refractivity contribution is 6.00. The summed E-state index contributed by atoms with van der Waals surface area (Å²) in [6, 6.07) is 8.73. The molecule has 0 aliphatic rings. The van der Waals surface area contributed by atoms with E-state index >= 15 is 0 Å². The van der Waals surface area contributed by atoms with E-state index in [2.05, 4.69) is 10.6 Å². The predicted molar refractivity (Wildman–Crippen MR) is 78.0 cm³/mol. The zero-order valence-electron chi connectivity index (χ0n) is 10.8. The maximum atomic E-state index is 11.8. The molecular formula is C14H15N3O3. The molecule has 0 unspecified atom stereocenters. The van der Waals surface area contributed by atoms with E-state index in [4.69, 9.17) is 5.73 Å². The number of aryl methyl sites for hydroxylation is 1. The molecule has 2 rings (SSSR count). The lowest BCUT2D eigenvalue weighted by atomic mass is 10.2. The molecule has 0 atom stereocenters. The highest BCUT2D eigenvalue weighted by Gasteiger charge is 2.06. The van der Waals surface area contributed by atoms with Crippen LogP contribution in [0, 0.1) is 6.92 Å². The molecule has 6 heteroatoms. The van der Waals surface area contributed by atoms with Crippen LogP contribution in [-0.4, -0.2) is 16.2 Å². The number of urea groups is 1. The van der Waals surface area contributed by atoms with E-state index in [0.717, 1.165) is 5.56 Å². The highest BCUT2D eigenvalue weighted by atomic mass is 16.3. The fraction of sp³-hybridized carbons (Fsp3) is 0.0714. The maximum absolute atomic E-state index is 11.8. The zero-order valence-corrected chi connectivity index (χ0v) is 10.8. The Balaban J connectivity index is 2.04. The van der Waals surface area contributed by atoms with Crippen molar-refractivity contribution in [1.82, 2.24) is 0 Å². The topological polar surface area (TPSA) is 108 Å². The molecule has 2 aromatic rings. The predicted octanol–water partition coefficient (Wildman–Crippen LogP) is 2.63. The lowest BCUT2D eigenvalue weighted by Crippen LogP contribution is -2.19. The average Bonchev–Trinajstić information content (AvgIpc) is 2.38. The number of anilines is 3. The van der Waals surface area contributed by atoms with Crippen LogP contribution >= 0.6 is 0 Å². The number of carbonyl (C=O) groups excluding carboxylic acids is 1. The molecule has 2 aromatic carbocycles. The van der Waals surface area contributed by atoms with Crippen LogP contribution in [0.5, 0.6) is 11.5 Å². The second-order valence-electron chi connectivity index (χ2n) is 4.35. The van der Waals surface area contributed by atoms with Crippen LogP contribution in [0.2, 0.25) is 0 Å². The Hall–Kier alpha value is -2.89. The lowest BCUT2D eigenvalue weighted by Gasteiger charge is -2.09. The van der Waals surface area contributed by atoms with Crippen molar-refractivity contribution in [3.8, 4) is 11.5 Å². The van der Waals surface area contributed by atoms with Gasteiger partial charge in [-0.1, -0.05) is 6.07 Å². The van der Waals surface area contributed by atoms with Gasteiger partial charge in [0.25, 0.3) is 0 Å². The van der Waals surface area contributed by atoms with Gasteiger partial charge in [-0.25, -0.2) is 4.79 Å². The minimum Gasteiger partial charge on any atom is -0.504 e. The number of benzene rings is 2. The van der Waals surface area contributed by atoms with E-state index in [1.807, 2.05) is 6.92 Å². The third-order valence-electron chi connectivity index (χ3n) is 2.77. The van der Waals surface area contributed by atoms with Crippen LogP contribution < -0.4 is 16.4 Å². The van der Waals surface area contributed by atoms with Crippen LogP contribution in [0.1, 0.15) is 5.56 Å². The molecule has 0 saturated carbocycles. The lowest BCUT2D eigenvalue weighted by molar-refractivity contribution is 0.262. The van der Waals surface area contributed by atoms with Crippen molar-refractivity contribution in [1.29, 1.82) is 0 Å². The molecule has 0 bridgehead atoms. The number of amides is 2. The molecule has 0 heterocycles. The van der Waals surface area contributed by atoms with Crippen molar-refractivity contribution in [2.24, 2.45) is 0 Å². The summed E-state index contributed by atoms with van der Waals surface area (Å²) < 4.78 is 0. The van der Waals surface area contributed by atoms with Gasteiger partial charge in [-0.3, -0.25) is 0 Å². The van der Waals surface area contributed by atoms with Crippen molar-refractivity contribution in [3.63, 3.8) is 0 Å². The number of phenols is 2. The second kappa shape index (κ2) is 5.40. The van der Waals surface area contributed by atoms with Gasteiger partial charge >= 0.3 is 6.03 Å². The molecule has 0 saturated heterocycles. The molecule has 0 aromatic heterocycles. The maximum Gasteiger partial charge on any atom is 0.323 e. The van der Waals surface area contributed by atoms with Crippen molar-refractivity contribution in [2.75, 3.05) is 16.4 Å². The normalized spacial score (nSPS) is 10.1. The SMILES string of the molecule is Cc1ccc(NC(=O)Nc2ccc(O)c(O)c2)cc1N. The number of nitrogens with one attached hydrogen (secondary N) is 2. The Labute approximate surface area is 115 Å². The largest absolute Gasteiger partial charge is 0.504 e. The van der Waals surface area contributed by atoms with Gasteiger partial charge in [-0.15, -0.1) is 0 Å². The molecule has 6 nitrogen and oxygen atoms in total. The monoisotopic (exact) mass is 273 g/mol. The molecule has 0 radical (unpaired) electrons. The Morgan fingerprint density at radius 2 is 1.60 bits per heavy atom. The summed E-state index contributed by atoms with van der Waals surface area (Å²) in [6.45, 7) is 1.87. The smallest absolute Gasteiger partial charge is 0.323 e. The molecule has 0 spiro atoms. The van der Waals surface area contributed by atoms with Gasteiger partial charge in [-0.2, -0.15) is 0 Å². The highest BCUT2D eigenvalue weighted by Crippen LogP contribution is 2.27. The fourth-order valence-corrected chi connectivity index (χ4v) is 1.61. The Morgan fingerprint density at radius 1 is 1.00 bits per heavy atom.